The van der Waals surface area contributed by atoms with Crippen molar-refractivity contribution in [2.75, 3.05) is 6.61 Å². The highest BCUT2D eigenvalue weighted by Gasteiger charge is 2.21. The lowest BCUT2D eigenvalue weighted by atomic mass is 10.1. The molecule has 1 atom stereocenters. The van der Waals surface area contributed by atoms with E-state index in [4.69, 9.17) is 21.1 Å². The number of carbonyl (C=O) groups excluding carboxylic acids is 1. The number of rotatable bonds is 2. The van der Waals surface area contributed by atoms with Gasteiger partial charge in [-0.3, -0.25) is 4.79 Å². The van der Waals surface area contributed by atoms with Crippen molar-refractivity contribution in [1.82, 2.24) is 0 Å². The molecule has 17 heavy (non-hydrogen) atoms. The predicted octanol–water partition coefficient (Wildman–Crippen LogP) is 2.99. The van der Waals surface area contributed by atoms with Gasteiger partial charge in [0.05, 0.1) is 13.0 Å². The van der Waals surface area contributed by atoms with Crippen molar-refractivity contribution in [1.29, 1.82) is 0 Å². The van der Waals surface area contributed by atoms with Crippen LogP contribution in [0, 0.1) is 13.8 Å². The van der Waals surface area contributed by atoms with Gasteiger partial charge in [0.15, 0.2) is 11.5 Å². The predicted molar refractivity (Wildman–Crippen MR) is 65.9 cm³/mol. The highest BCUT2D eigenvalue weighted by Crippen LogP contribution is 2.34. The van der Waals surface area contributed by atoms with Gasteiger partial charge in [0.2, 0.25) is 5.24 Å². The second-order valence-corrected chi connectivity index (χ2v) is 4.74. The largest absolute Gasteiger partial charge is 0.490 e. The van der Waals surface area contributed by atoms with Crippen LogP contribution in [0.2, 0.25) is 0 Å². The van der Waals surface area contributed by atoms with Crippen LogP contribution < -0.4 is 9.47 Å². The van der Waals surface area contributed by atoms with Crippen molar-refractivity contribution >= 4 is 16.8 Å². The Hall–Kier alpha value is -1.22. The monoisotopic (exact) mass is 254 g/mol. The number of benzene rings is 1. The van der Waals surface area contributed by atoms with Crippen LogP contribution in [0.5, 0.6) is 11.5 Å². The molecule has 0 spiro atoms. The second kappa shape index (κ2) is 4.96. The summed E-state index contributed by atoms with van der Waals surface area (Å²) in [6.45, 7) is 4.60. The van der Waals surface area contributed by atoms with Crippen LogP contribution >= 0.6 is 11.6 Å². The molecule has 0 bridgehead atoms. The van der Waals surface area contributed by atoms with Crippen LogP contribution in [0.25, 0.3) is 0 Å². The normalized spacial score (nSPS) is 18.6. The lowest BCUT2D eigenvalue weighted by molar-refractivity contribution is -0.113. The number of fused-ring (bicyclic) bond motifs is 1. The van der Waals surface area contributed by atoms with Crippen LogP contribution in [0.4, 0.5) is 0 Å². The number of hydrogen-bond donors (Lipinski definition) is 0. The molecule has 0 amide bonds. The number of halogens is 1. The SMILES string of the molecule is Cc1cc2c(cc1C)OC(CC(=O)Cl)CCO2. The molecule has 0 aromatic heterocycles. The van der Waals surface area contributed by atoms with Gasteiger partial charge in [-0.2, -0.15) is 0 Å². The number of hydrogen-bond acceptors (Lipinski definition) is 3. The van der Waals surface area contributed by atoms with E-state index in [2.05, 4.69) is 0 Å². The first kappa shape index (κ1) is 12.2. The molecule has 0 radical (unpaired) electrons. The Labute approximate surface area is 106 Å². The van der Waals surface area contributed by atoms with Gasteiger partial charge in [-0.15, -0.1) is 0 Å². The number of aryl methyl sites for hydroxylation is 2. The average Bonchev–Trinajstić information content (AvgIpc) is 2.40. The van der Waals surface area contributed by atoms with E-state index in [-0.39, 0.29) is 17.8 Å². The molecule has 0 aliphatic carbocycles. The van der Waals surface area contributed by atoms with Gasteiger partial charge in [0.1, 0.15) is 6.10 Å². The minimum Gasteiger partial charge on any atom is -0.490 e. The molecule has 3 nitrogen and oxygen atoms in total. The summed E-state index contributed by atoms with van der Waals surface area (Å²) in [5.74, 6) is 1.45. The molecule has 2 rings (SSSR count). The van der Waals surface area contributed by atoms with E-state index in [1.807, 2.05) is 26.0 Å². The Morgan fingerprint density at radius 2 is 2.00 bits per heavy atom. The molecule has 0 N–H and O–H groups in total. The molecule has 0 fully saturated rings. The van der Waals surface area contributed by atoms with E-state index in [9.17, 15) is 4.79 Å². The van der Waals surface area contributed by atoms with Crippen molar-refractivity contribution < 1.29 is 14.3 Å². The third-order valence-corrected chi connectivity index (χ3v) is 3.09. The van der Waals surface area contributed by atoms with Gasteiger partial charge >= 0.3 is 0 Å². The van der Waals surface area contributed by atoms with E-state index >= 15 is 0 Å². The van der Waals surface area contributed by atoms with Gasteiger partial charge in [0, 0.05) is 6.42 Å². The fourth-order valence-electron chi connectivity index (χ4n) is 1.83. The maximum absolute atomic E-state index is 10.9. The smallest absolute Gasteiger partial charge is 0.225 e. The molecule has 1 aliphatic heterocycles. The zero-order valence-corrected chi connectivity index (χ0v) is 10.7. The molecule has 4 heteroatoms. The van der Waals surface area contributed by atoms with Crippen molar-refractivity contribution in [3.8, 4) is 11.5 Å². The summed E-state index contributed by atoms with van der Waals surface area (Å²) in [6.07, 6.45) is 0.700. The molecule has 1 aromatic carbocycles. The Kier molecular flexibility index (Phi) is 3.57. The Morgan fingerprint density at radius 1 is 1.35 bits per heavy atom. The van der Waals surface area contributed by atoms with Gasteiger partial charge < -0.3 is 9.47 Å². The summed E-state index contributed by atoms with van der Waals surface area (Å²) < 4.78 is 11.4. The average molecular weight is 255 g/mol. The fraction of sp³-hybridized carbons (Fsp3) is 0.462. The molecular weight excluding hydrogens is 240 g/mol. The van der Waals surface area contributed by atoms with Gasteiger partial charge in [-0.1, -0.05) is 0 Å². The molecule has 1 heterocycles. The standard InChI is InChI=1S/C13H15ClO3/c1-8-5-11-12(6-9(8)2)17-10(3-4-16-11)7-13(14)15/h5-6,10H,3-4,7H2,1-2H3. The maximum Gasteiger partial charge on any atom is 0.225 e. The summed E-state index contributed by atoms with van der Waals surface area (Å²) in [6, 6.07) is 3.91. The molecule has 0 saturated heterocycles. The summed E-state index contributed by atoms with van der Waals surface area (Å²) in [4.78, 5) is 10.9. The van der Waals surface area contributed by atoms with E-state index in [0.29, 0.717) is 18.8 Å². The third kappa shape index (κ3) is 2.91. The Balaban J connectivity index is 2.24. The van der Waals surface area contributed by atoms with Crippen LogP contribution in [0.1, 0.15) is 24.0 Å². The summed E-state index contributed by atoms with van der Waals surface area (Å²) in [7, 11) is 0. The molecule has 92 valence electrons. The van der Waals surface area contributed by atoms with Gasteiger partial charge in [-0.25, -0.2) is 0 Å². The van der Waals surface area contributed by atoms with Crippen LogP contribution in [0.15, 0.2) is 12.1 Å². The maximum atomic E-state index is 10.9. The van der Waals surface area contributed by atoms with E-state index in [1.54, 1.807) is 0 Å². The van der Waals surface area contributed by atoms with Crippen LogP contribution in [-0.4, -0.2) is 18.0 Å². The molecule has 1 unspecified atom stereocenters. The molecular formula is C13H15ClO3. The molecule has 1 aliphatic rings. The fourth-order valence-corrected chi connectivity index (χ4v) is 2.00. The van der Waals surface area contributed by atoms with Gasteiger partial charge in [-0.05, 0) is 48.7 Å². The quantitative estimate of drug-likeness (QED) is 0.761. The minimum atomic E-state index is -0.373. The van der Waals surface area contributed by atoms with E-state index in [1.165, 1.54) is 5.56 Å². The lowest BCUT2D eigenvalue weighted by Gasteiger charge is -2.15. The first-order chi connectivity index (χ1) is 8.06. The first-order valence-electron chi connectivity index (χ1n) is 5.65. The van der Waals surface area contributed by atoms with E-state index < -0.39 is 0 Å². The van der Waals surface area contributed by atoms with Crippen molar-refractivity contribution in [3.63, 3.8) is 0 Å². The highest BCUT2D eigenvalue weighted by atomic mass is 35.5. The Bertz CT molecular complexity index is 443. The second-order valence-electron chi connectivity index (χ2n) is 4.32. The van der Waals surface area contributed by atoms with Crippen molar-refractivity contribution in [2.24, 2.45) is 0 Å². The van der Waals surface area contributed by atoms with Crippen LogP contribution in [-0.2, 0) is 4.79 Å². The first-order valence-corrected chi connectivity index (χ1v) is 6.03. The van der Waals surface area contributed by atoms with Crippen molar-refractivity contribution in [3.05, 3.63) is 23.3 Å². The summed E-state index contributed by atoms with van der Waals surface area (Å²) in [5, 5.41) is -0.373. The number of ether oxygens (including phenoxy) is 2. The third-order valence-electron chi connectivity index (χ3n) is 2.94. The van der Waals surface area contributed by atoms with Crippen molar-refractivity contribution in [2.45, 2.75) is 32.8 Å². The minimum absolute atomic E-state index is 0.191. The number of carbonyl (C=O) groups is 1. The Morgan fingerprint density at radius 3 is 2.65 bits per heavy atom. The van der Waals surface area contributed by atoms with Gasteiger partial charge in [0.25, 0.3) is 0 Å². The molecule has 1 aromatic rings. The zero-order chi connectivity index (χ0) is 12.4. The topological polar surface area (TPSA) is 35.5 Å². The van der Waals surface area contributed by atoms with E-state index in [0.717, 1.165) is 11.3 Å². The zero-order valence-electron chi connectivity index (χ0n) is 9.96. The van der Waals surface area contributed by atoms with Crippen LogP contribution in [0.3, 0.4) is 0 Å². The lowest BCUT2D eigenvalue weighted by Crippen LogP contribution is -2.19. The molecule has 0 saturated carbocycles. The highest BCUT2D eigenvalue weighted by molar-refractivity contribution is 6.63. The summed E-state index contributed by atoms with van der Waals surface area (Å²) in [5.41, 5.74) is 2.31. The summed E-state index contributed by atoms with van der Waals surface area (Å²) >= 11 is 5.39.